The summed E-state index contributed by atoms with van der Waals surface area (Å²) in [5, 5.41) is 14.7. The molecule has 208 valence electrons. The van der Waals surface area contributed by atoms with Crippen LogP contribution in [0.25, 0.3) is 11.1 Å². The van der Waals surface area contributed by atoms with E-state index in [4.69, 9.17) is 4.52 Å². The van der Waals surface area contributed by atoms with Crippen LogP contribution in [-0.4, -0.2) is 37.7 Å². The number of amides is 1. The van der Waals surface area contributed by atoms with E-state index in [1.165, 1.54) is 6.42 Å². The summed E-state index contributed by atoms with van der Waals surface area (Å²) in [6.45, 7) is 7.75. The number of nitrogens with zero attached hydrogens (tertiary/aromatic N) is 4. The predicted molar refractivity (Wildman–Crippen MR) is 154 cm³/mol. The van der Waals surface area contributed by atoms with Crippen LogP contribution in [0.4, 0.5) is 11.5 Å². The zero-order valence-corrected chi connectivity index (χ0v) is 23.5. The molecule has 5 rings (SSSR count). The van der Waals surface area contributed by atoms with Gasteiger partial charge in [-0.3, -0.25) is 14.3 Å². The minimum absolute atomic E-state index is 0.0428. The smallest absolute Gasteiger partial charge is 0.270 e. The molecule has 0 unspecified atom stereocenters. The number of nitrogens with one attached hydrogen (secondary N) is 2. The third kappa shape index (κ3) is 5.83. The highest BCUT2D eigenvalue weighted by molar-refractivity contribution is 6.04. The van der Waals surface area contributed by atoms with Crippen LogP contribution in [0.2, 0.25) is 0 Å². The topological polar surface area (TPSA) is 115 Å². The molecule has 1 saturated carbocycles. The zero-order valence-electron chi connectivity index (χ0n) is 23.5. The van der Waals surface area contributed by atoms with Gasteiger partial charge >= 0.3 is 0 Å². The second kappa shape index (κ2) is 11.9. The van der Waals surface area contributed by atoms with E-state index in [1.807, 2.05) is 64.1 Å². The maximum atomic E-state index is 13.8. The molecule has 0 spiro atoms. The first-order valence-electron chi connectivity index (χ1n) is 14.0. The van der Waals surface area contributed by atoms with Gasteiger partial charge in [0.1, 0.15) is 17.3 Å². The Morgan fingerprint density at radius 2 is 1.75 bits per heavy atom. The number of benzene rings is 1. The Bertz CT molecular complexity index is 1440. The summed E-state index contributed by atoms with van der Waals surface area (Å²) in [5.74, 6) is 1.22. The molecule has 1 atom stereocenters. The Hall–Kier alpha value is -4.27. The third-order valence-corrected chi connectivity index (χ3v) is 7.61. The molecule has 3 heterocycles. The average molecular weight is 541 g/mol. The normalized spacial score (nSPS) is 14.7. The average Bonchev–Trinajstić information content (AvgIpc) is 3.59. The molecular weight excluding hydrogens is 504 g/mol. The maximum Gasteiger partial charge on any atom is 0.270 e. The summed E-state index contributed by atoms with van der Waals surface area (Å²) in [5.41, 5.74) is 4.57. The molecular formula is C31H36N6O3. The van der Waals surface area contributed by atoms with Crippen LogP contribution in [0.3, 0.4) is 0 Å². The van der Waals surface area contributed by atoms with Gasteiger partial charge in [0.2, 0.25) is 0 Å². The van der Waals surface area contributed by atoms with Crippen molar-refractivity contribution < 1.29 is 14.1 Å². The minimum Gasteiger partial charge on any atom is -0.361 e. The zero-order chi connectivity index (χ0) is 28.2. The fourth-order valence-electron chi connectivity index (χ4n) is 5.54. The van der Waals surface area contributed by atoms with Crippen molar-refractivity contribution in [2.24, 2.45) is 5.92 Å². The van der Waals surface area contributed by atoms with Crippen molar-refractivity contribution in [2.45, 2.75) is 71.9 Å². The second-order valence-electron chi connectivity index (χ2n) is 10.8. The molecule has 1 amide bonds. The predicted octanol–water partition coefficient (Wildman–Crippen LogP) is 6.44. The standard InChI is InChI=1S/C31H36N6O3/c1-19(2)37-26(16-17-33-37)31(39)35-29(22-8-6-5-7-9-22)30(38)23-10-13-25(14-11-23)34-27-15-12-24(18-32-27)28-20(3)36-40-21(28)4/h10-19,22,29H,5-9H2,1-4H3,(H,32,34)(H,35,39)/t29-/m0/s1. The maximum absolute atomic E-state index is 13.8. The molecule has 1 aliphatic rings. The van der Waals surface area contributed by atoms with Crippen LogP contribution in [-0.2, 0) is 0 Å². The van der Waals surface area contributed by atoms with Crippen LogP contribution in [0.1, 0.15) is 84.3 Å². The number of ketones is 1. The number of aryl methyl sites for hydroxylation is 2. The number of hydrogen-bond donors (Lipinski definition) is 2. The number of Topliss-reactive ketones (excluding diaryl/α,β-unsaturated/α-hetero) is 1. The Labute approximate surface area is 234 Å². The van der Waals surface area contributed by atoms with Crippen molar-refractivity contribution in [1.82, 2.24) is 25.2 Å². The molecule has 9 heteroatoms. The van der Waals surface area contributed by atoms with Crippen LogP contribution < -0.4 is 10.6 Å². The number of pyridine rings is 1. The lowest BCUT2D eigenvalue weighted by Crippen LogP contribution is -2.47. The van der Waals surface area contributed by atoms with E-state index in [2.05, 4.69) is 25.9 Å². The summed E-state index contributed by atoms with van der Waals surface area (Å²) in [4.78, 5) is 31.6. The van der Waals surface area contributed by atoms with Gasteiger partial charge in [0.25, 0.3) is 5.91 Å². The second-order valence-corrected chi connectivity index (χ2v) is 10.8. The van der Waals surface area contributed by atoms with Gasteiger partial charge in [-0.2, -0.15) is 5.10 Å². The van der Waals surface area contributed by atoms with E-state index in [9.17, 15) is 9.59 Å². The molecule has 1 aliphatic carbocycles. The molecule has 1 fully saturated rings. The lowest BCUT2D eigenvalue weighted by Gasteiger charge is -2.30. The summed E-state index contributed by atoms with van der Waals surface area (Å²) in [6.07, 6.45) is 8.56. The Kier molecular flexibility index (Phi) is 8.09. The molecule has 0 aliphatic heterocycles. The first kappa shape index (κ1) is 27.3. The number of carbonyl (C=O) groups is 2. The minimum atomic E-state index is -0.583. The molecule has 0 bridgehead atoms. The lowest BCUT2D eigenvalue weighted by atomic mass is 9.81. The van der Waals surface area contributed by atoms with Crippen molar-refractivity contribution in [3.8, 4) is 11.1 Å². The highest BCUT2D eigenvalue weighted by atomic mass is 16.5. The van der Waals surface area contributed by atoms with Crippen LogP contribution in [0.5, 0.6) is 0 Å². The van der Waals surface area contributed by atoms with E-state index in [0.717, 1.165) is 54.0 Å². The van der Waals surface area contributed by atoms with Crippen molar-refractivity contribution in [3.05, 3.63) is 77.6 Å². The van der Waals surface area contributed by atoms with Gasteiger partial charge in [0.05, 0.1) is 11.7 Å². The Morgan fingerprint density at radius 3 is 2.38 bits per heavy atom. The van der Waals surface area contributed by atoms with E-state index in [-0.39, 0.29) is 23.7 Å². The van der Waals surface area contributed by atoms with Gasteiger partial charge in [-0.25, -0.2) is 4.98 Å². The fraction of sp³-hybridized carbons (Fsp3) is 0.387. The quantitative estimate of drug-likeness (QED) is 0.235. The summed E-state index contributed by atoms with van der Waals surface area (Å²) >= 11 is 0. The van der Waals surface area contributed by atoms with Crippen molar-refractivity contribution in [3.63, 3.8) is 0 Å². The SMILES string of the molecule is Cc1noc(C)c1-c1ccc(Nc2ccc(C(=O)[C@@H](NC(=O)c3ccnn3C(C)C)C3CCCCC3)cc2)nc1. The van der Waals surface area contributed by atoms with Crippen LogP contribution in [0.15, 0.2) is 59.4 Å². The number of anilines is 2. The van der Waals surface area contributed by atoms with Gasteiger partial charge in [-0.1, -0.05) is 24.4 Å². The summed E-state index contributed by atoms with van der Waals surface area (Å²) in [7, 11) is 0. The van der Waals surface area contributed by atoms with E-state index in [1.54, 1.807) is 23.1 Å². The largest absolute Gasteiger partial charge is 0.361 e. The van der Waals surface area contributed by atoms with Crippen molar-refractivity contribution >= 4 is 23.2 Å². The highest BCUT2D eigenvalue weighted by Gasteiger charge is 2.32. The van der Waals surface area contributed by atoms with E-state index < -0.39 is 6.04 Å². The first-order valence-corrected chi connectivity index (χ1v) is 14.0. The highest BCUT2D eigenvalue weighted by Crippen LogP contribution is 2.30. The van der Waals surface area contributed by atoms with Crippen molar-refractivity contribution in [2.75, 3.05) is 5.32 Å². The fourth-order valence-corrected chi connectivity index (χ4v) is 5.54. The van der Waals surface area contributed by atoms with E-state index in [0.29, 0.717) is 17.1 Å². The molecule has 40 heavy (non-hydrogen) atoms. The Balaban J connectivity index is 1.30. The number of hydrogen-bond acceptors (Lipinski definition) is 7. The number of rotatable bonds is 9. The lowest BCUT2D eigenvalue weighted by molar-refractivity contribution is 0.0796. The molecule has 1 aromatic carbocycles. The van der Waals surface area contributed by atoms with Gasteiger partial charge in [-0.05, 0) is 88.9 Å². The molecule has 0 saturated heterocycles. The third-order valence-electron chi connectivity index (χ3n) is 7.61. The molecule has 4 aromatic rings. The monoisotopic (exact) mass is 540 g/mol. The molecule has 9 nitrogen and oxygen atoms in total. The Morgan fingerprint density at radius 1 is 1.00 bits per heavy atom. The molecule has 0 radical (unpaired) electrons. The molecule has 3 aromatic heterocycles. The first-order chi connectivity index (χ1) is 19.3. The van der Waals surface area contributed by atoms with Crippen molar-refractivity contribution in [1.29, 1.82) is 0 Å². The van der Waals surface area contributed by atoms with Crippen LogP contribution in [0, 0.1) is 19.8 Å². The van der Waals surface area contributed by atoms with Gasteiger partial charge < -0.3 is 15.2 Å². The molecule has 2 N–H and O–H groups in total. The number of carbonyl (C=O) groups excluding carboxylic acids is 2. The van der Waals surface area contributed by atoms with Gasteiger partial charge in [-0.15, -0.1) is 0 Å². The summed E-state index contributed by atoms with van der Waals surface area (Å²) < 4.78 is 6.96. The van der Waals surface area contributed by atoms with E-state index >= 15 is 0 Å². The van der Waals surface area contributed by atoms with Gasteiger partial charge in [0.15, 0.2) is 5.78 Å². The number of aromatic nitrogens is 4. The van der Waals surface area contributed by atoms with Crippen LogP contribution >= 0.6 is 0 Å². The summed E-state index contributed by atoms with van der Waals surface area (Å²) in [6, 6.07) is 12.4. The van der Waals surface area contributed by atoms with Gasteiger partial charge in [0, 0.05) is 40.8 Å².